The second-order valence-electron chi connectivity index (χ2n) is 3.01. The van der Waals surface area contributed by atoms with Crippen LogP contribution in [0.3, 0.4) is 0 Å². The second kappa shape index (κ2) is 4.21. The zero-order valence-electron chi connectivity index (χ0n) is 7.58. The molecule has 0 saturated heterocycles. The van der Waals surface area contributed by atoms with Gasteiger partial charge in [0.2, 0.25) is 11.8 Å². The molecule has 68 valence electrons. The van der Waals surface area contributed by atoms with Crippen molar-refractivity contribution in [2.24, 2.45) is 11.7 Å². The molecular weight excluding hydrogens is 154 g/mol. The minimum atomic E-state index is 0.327. The van der Waals surface area contributed by atoms with E-state index in [0.717, 1.165) is 12.8 Å². The van der Waals surface area contributed by atoms with Gasteiger partial charge in [-0.05, 0) is 5.92 Å². The Morgan fingerprint density at radius 1 is 1.42 bits per heavy atom. The maximum atomic E-state index is 5.33. The van der Waals surface area contributed by atoms with Gasteiger partial charge in [-0.3, -0.25) is 0 Å². The quantitative estimate of drug-likeness (QED) is 0.733. The number of nitrogens with zero attached hydrogens (tertiary/aromatic N) is 2. The molecule has 0 aliphatic heterocycles. The molecule has 0 amide bonds. The van der Waals surface area contributed by atoms with Crippen molar-refractivity contribution in [2.75, 3.05) is 0 Å². The van der Waals surface area contributed by atoms with Crippen LogP contribution in [0.2, 0.25) is 0 Å². The summed E-state index contributed by atoms with van der Waals surface area (Å²) in [4.78, 5) is 0. The van der Waals surface area contributed by atoms with Crippen molar-refractivity contribution in [3.8, 4) is 0 Å². The maximum absolute atomic E-state index is 5.33. The van der Waals surface area contributed by atoms with Gasteiger partial charge < -0.3 is 10.2 Å². The van der Waals surface area contributed by atoms with E-state index in [1.807, 2.05) is 0 Å². The molecule has 0 aliphatic carbocycles. The van der Waals surface area contributed by atoms with E-state index in [1.165, 1.54) is 0 Å². The Morgan fingerprint density at radius 3 is 2.58 bits per heavy atom. The zero-order valence-corrected chi connectivity index (χ0v) is 7.58. The summed E-state index contributed by atoms with van der Waals surface area (Å²) in [5.41, 5.74) is 5.33. The molecule has 0 bridgehead atoms. The van der Waals surface area contributed by atoms with Gasteiger partial charge in [0.15, 0.2) is 0 Å². The summed E-state index contributed by atoms with van der Waals surface area (Å²) < 4.78 is 5.26. The molecule has 0 spiro atoms. The minimum Gasteiger partial charge on any atom is -0.424 e. The van der Waals surface area contributed by atoms with Crippen LogP contribution in [0.1, 0.15) is 32.0 Å². The number of hydrogen-bond acceptors (Lipinski definition) is 4. The predicted octanol–water partition coefficient (Wildman–Crippen LogP) is 1.12. The third-order valence-electron chi connectivity index (χ3n) is 1.90. The van der Waals surface area contributed by atoms with Crippen LogP contribution in [0.4, 0.5) is 0 Å². The highest BCUT2D eigenvalue weighted by Gasteiger charge is 2.07. The summed E-state index contributed by atoms with van der Waals surface area (Å²) in [6.45, 7) is 4.63. The molecule has 0 radical (unpaired) electrons. The highest BCUT2D eigenvalue weighted by atomic mass is 16.4. The van der Waals surface area contributed by atoms with Gasteiger partial charge in [-0.1, -0.05) is 20.3 Å². The van der Waals surface area contributed by atoms with Gasteiger partial charge in [-0.2, -0.15) is 0 Å². The average Bonchev–Trinajstić information content (AvgIpc) is 2.52. The topological polar surface area (TPSA) is 64.9 Å². The van der Waals surface area contributed by atoms with Crippen molar-refractivity contribution < 1.29 is 4.42 Å². The highest BCUT2D eigenvalue weighted by Crippen LogP contribution is 2.09. The largest absolute Gasteiger partial charge is 0.424 e. The van der Waals surface area contributed by atoms with Crippen molar-refractivity contribution in [3.63, 3.8) is 0 Å². The lowest BCUT2D eigenvalue weighted by Crippen LogP contribution is -1.97. The molecule has 1 aromatic rings. The standard InChI is InChI=1S/C8H15N3O/c1-3-6(2)4-7-10-11-8(5-9)12-7/h6H,3-5,9H2,1-2H3. The summed E-state index contributed by atoms with van der Waals surface area (Å²) >= 11 is 0. The van der Waals surface area contributed by atoms with E-state index in [1.54, 1.807) is 0 Å². The van der Waals surface area contributed by atoms with E-state index in [0.29, 0.717) is 24.2 Å². The van der Waals surface area contributed by atoms with E-state index in [2.05, 4.69) is 24.0 Å². The monoisotopic (exact) mass is 169 g/mol. The van der Waals surface area contributed by atoms with Gasteiger partial charge in [0.05, 0.1) is 6.54 Å². The minimum absolute atomic E-state index is 0.327. The molecule has 0 saturated carbocycles. The fourth-order valence-corrected chi connectivity index (χ4v) is 0.896. The van der Waals surface area contributed by atoms with E-state index < -0.39 is 0 Å². The lowest BCUT2D eigenvalue weighted by molar-refractivity contribution is 0.412. The van der Waals surface area contributed by atoms with Crippen molar-refractivity contribution in [1.29, 1.82) is 0 Å². The molecule has 1 heterocycles. The van der Waals surface area contributed by atoms with Gasteiger partial charge in [0.1, 0.15) is 0 Å². The Hall–Kier alpha value is -0.900. The van der Waals surface area contributed by atoms with E-state index in [4.69, 9.17) is 10.2 Å². The molecule has 12 heavy (non-hydrogen) atoms. The number of rotatable bonds is 4. The van der Waals surface area contributed by atoms with Crippen LogP contribution in [-0.2, 0) is 13.0 Å². The van der Waals surface area contributed by atoms with Gasteiger partial charge in [-0.25, -0.2) is 0 Å². The lowest BCUT2D eigenvalue weighted by Gasteiger charge is -2.02. The maximum Gasteiger partial charge on any atom is 0.230 e. The number of aromatic nitrogens is 2. The Labute approximate surface area is 72.2 Å². The Balaban J connectivity index is 2.52. The third kappa shape index (κ3) is 2.30. The van der Waals surface area contributed by atoms with Crippen LogP contribution < -0.4 is 5.73 Å². The molecule has 1 unspecified atom stereocenters. The molecule has 1 rings (SSSR count). The molecule has 4 heteroatoms. The van der Waals surface area contributed by atoms with Crippen LogP contribution in [0.5, 0.6) is 0 Å². The fourth-order valence-electron chi connectivity index (χ4n) is 0.896. The smallest absolute Gasteiger partial charge is 0.230 e. The van der Waals surface area contributed by atoms with Gasteiger partial charge in [-0.15, -0.1) is 10.2 Å². The predicted molar refractivity (Wildman–Crippen MR) is 45.3 cm³/mol. The highest BCUT2D eigenvalue weighted by molar-refractivity contribution is 4.82. The first-order valence-corrected chi connectivity index (χ1v) is 4.27. The Kier molecular flexibility index (Phi) is 3.22. The van der Waals surface area contributed by atoms with Crippen LogP contribution in [0.25, 0.3) is 0 Å². The van der Waals surface area contributed by atoms with Gasteiger partial charge >= 0.3 is 0 Å². The fraction of sp³-hybridized carbons (Fsp3) is 0.750. The summed E-state index contributed by atoms with van der Waals surface area (Å²) in [5, 5.41) is 7.66. The molecule has 1 aromatic heterocycles. The summed E-state index contributed by atoms with van der Waals surface area (Å²) in [6, 6.07) is 0. The normalized spacial score (nSPS) is 13.2. The first kappa shape index (κ1) is 9.19. The van der Waals surface area contributed by atoms with Gasteiger partial charge in [0, 0.05) is 6.42 Å². The third-order valence-corrected chi connectivity index (χ3v) is 1.90. The SMILES string of the molecule is CCC(C)Cc1nnc(CN)o1. The second-order valence-corrected chi connectivity index (χ2v) is 3.01. The molecule has 0 aromatic carbocycles. The Morgan fingerprint density at radius 2 is 2.08 bits per heavy atom. The summed E-state index contributed by atoms with van der Waals surface area (Å²) in [5.74, 6) is 1.81. The van der Waals surface area contributed by atoms with Crippen LogP contribution in [0, 0.1) is 5.92 Å². The van der Waals surface area contributed by atoms with Crippen molar-refractivity contribution in [3.05, 3.63) is 11.8 Å². The molecule has 4 nitrogen and oxygen atoms in total. The van der Waals surface area contributed by atoms with Gasteiger partial charge in [0.25, 0.3) is 0 Å². The summed E-state index contributed by atoms with van der Waals surface area (Å²) in [7, 11) is 0. The van der Waals surface area contributed by atoms with E-state index in [-0.39, 0.29) is 0 Å². The van der Waals surface area contributed by atoms with Crippen molar-refractivity contribution in [2.45, 2.75) is 33.2 Å². The Bertz CT molecular complexity index is 234. The van der Waals surface area contributed by atoms with Crippen molar-refractivity contribution >= 4 is 0 Å². The molecular formula is C8H15N3O. The molecule has 2 N–H and O–H groups in total. The molecule has 0 fully saturated rings. The van der Waals surface area contributed by atoms with Crippen LogP contribution in [0.15, 0.2) is 4.42 Å². The van der Waals surface area contributed by atoms with Crippen molar-refractivity contribution in [1.82, 2.24) is 10.2 Å². The zero-order chi connectivity index (χ0) is 8.97. The number of nitrogens with two attached hydrogens (primary N) is 1. The van der Waals surface area contributed by atoms with Crippen LogP contribution in [-0.4, -0.2) is 10.2 Å². The number of hydrogen-bond donors (Lipinski definition) is 1. The first-order chi connectivity index (χ1) is 5.76. The van der Waals surface area contributed by atoms with E-state index >= 15 is 0 Å². The lowest BCUT2D eigenvalue weighted by atomic mass is 10.1. The molecule has 0 aliphatic rings. The van der Waals surface area contributed by atoms with Crippen LogP contribution >= 0.6 is 0 Å². The molecule has 1 atom stereocenters. The summed E-state index contributed by atoms with van der Waals surface area (Å²) in [6.07, 6.45) is 1.98. The van der Waals surface area contributed by atoms with E-state index in [9.17, 15) is 0 Å². The first-order valence-electron chi connectivity index (χ1n) is 4.27. The average molecular weight is 169 g/mol.